The summed E-state index contributed by atoms with van der Waals surface area (Å²) in [7, 11) is 0. The van der Waals surface area contributed by atoms with Gasteiger partial charge in [-0.3, -0.25) is 4.99 Å². The van der Waals surface area contributed by atoms with Crippen molar-refractivity contribution >= 4 is 34.5 Å². The quantitative estimate of drug-likeness (QED) is 0.272. The number of para-hydroxylation sites is 1. The smallest absolute Gasteiger partial charge is 0.148 e. The van der Waals surface area contributed by atoms with Gasteiger partial charge in [-0.25, -0.2) is 18.7 Å². The summed E-state index contributed by atoms with van der Waals surface area (Å²) in [6.45, 7) is 1.81. The minimum absolute atomic E-state index is 0.0676. The van der Waals surface area contributed by atoms with E-state index >= 15 is 0 Å². The normalized spacial score (nSPS) is 12.8. The second kappa shape index (κ2) is 8.84. The molecule has 0 aliphatic rings. The first-order chi connectivity index (χ1) is 15.9. The van der Waals surface area contributed by atoms with Crippen LogP contribution in [0.3, 0.4) is 0 Å². The van der Waals surface area contributed by atoms with E-state index in [0.717, 1.165) is 0 Å². The van der Waals surface area contributed by atoms with Gasteiger partial charge in [0.2, 0.25) is 0 Å². The molecule has 0 amide bonds. The molecule has 164 valence electrons. The third kappa shape index (κ3) is 3.99. The van der Waals surface area contributed by atoms with Crippen LogP contribution in [0.25, 0.3) is 22.2 Å². The number of nitrogens with zero attached hydrogens (tertiary/aromatic N) is 6. The predicted molar refractivity (Wildman–Crippen MR) is 123 cm³/mol. The Balaban J connectivity index is 1.81. The molecule has 0 aliphatic carbocycles. The molecule has 33 heavy (non-hydrogen) atoms. The minimum atomic E-state index is -0.652. The van der Waals surface area contributed by atoms with Crippen molar-refractivity contribution in [1.29, 1.82) is 5.26 Å². The Morgan fingerprint density at radius 1 is 1.18 bits per heavy atom. The van der Waals surface area contributed by atoms with E-state index in [0.29, 0.717) is 27.9 Å². The van der Waals surface area contributed by atoms with Gasteiger partial charge in [0.1, 0.15) is 41.2 Å². The summed E-state index contributed by atoms with van der Waals surface area (Å²) >= 11 is 0. The first kappa shape index (κ1) is 21.6. The molecule has 0 saturated heterocycles. The molecule has 0 aliphatic heterocycles. The van der Waals surface area contributed by atoms with Gasteiger partial charge in [-0.2, -0.15) is 10.4 Å². The topological polar surface area (TPSA) is 131 Å². The van der Waals surface area contributed by atoms with E-state index in [9.17, 15) is 8.78 Å². The maximum Gasteiger partial charge on any atom is 0.148 e. The lowest BCUT2D eigenvalue weighted by molar-refractivity contribution is 0.624. The van der Waals surface area contributed by atoms with Gasteiger partial charge in [0.05, 0.1) is 28.9 Å². The molecular weight excluding hydrogens is 426 g/mol. The van der Waals surface area contributed by atoms with E-state index in [1.165, 1.54) is 36.8 Å². The number of hydrogen-bond donors (Lipinski definition) is 2. The van der Waals surface area contributed by atoms with E-state index < -0.39 is 17.7 Å². The fourth-order valence-electron chi connectivity index (χ4n) is 3.48. The number of hydrazone groups is 1. The van der Waals surface area contributed by atoms with Crippen LogP contribution < -0.4 is 11.6 Å². The molecule has 0 bridgehead atoms. The van der Waals surface area contributed by atoms with Gasteiger partial charge in [0.15, 0.2) is 0 Å². The Morgan fingerprint density at radius 2 is 1.97 bits per heavy atom. The molecule has 2 heterocycles. The number of fused-ring (bicyclic) bond motifs is 1. The van der Waals surface area contributed by atoms with Crippen molar-refractivity contribution in [2.24, 2.45) is 15.9 Å². The second-order valence-corrected chi connectivity index (χ2v) is 7.15. The molecule has 4 rings (SSSR count). The molecule has 0 saturated carbocycles. The lowest BCUT2D eigenvalue weighted by Crippen LogP contribution is -2.19. The van der Waals surface area contributed by atoms with Crippen LogP contribution in [0.15, 0.2) is 65.1 Å². The monoisotopic (exact) mass is 444 g/mol. The molecule has 1 atom stereocenters. The van der Waals surface area contributed by atoms with Crippen LogP contribution >= 0.6 is 0 Å². The van der Waals surface area contributed by atoms with Gasteiger partial charge in [-0.15, -0.1) is 0 Å². The molecule has 8 nitrogen and oxygen atoms in total. The predicted octanol–water partition coefficient (Wildman–Crippen LogP) is 4.11. The Labute approximate surface area is 187 Å². The summed E-state index contributed by atoms with van der Waals surface area (Å²) < 4.78 is 30.0. The summed E-state index contributed by atoms with van der Waals surface area (Å²) in [6.07, 6.45) is 4.42. The van der Waals surface area contributed by atoms with Crippen LogP contribution in [0.5, 0.6) is 0 Å². The Morgan fingerprint density at radius 3 is 2.67 bits per heavy atom. The number of nitriles is 1. The van der Waals surface area contributed by atoms with Gasteiger partial charge in [-0.05, 0) is 36.8 Å². The summed E-state index contributed by atoms with van der Waals surface area (Å²) in [5.41, 5.74) is 8.07. The van der Waals surface area contributed by atoms with Crippen molar-refractivity contribution in [3.63, 3.8) is 0 Å². The summed E-state index contributed by atoms with van der Waals surface area (Å²) in [5, 5.41) is 13.3. The van der Waals surface area contributed by atoms with Crippen molar-refractivity contribution in [3.05, 3.63) is 72.2 Å². The van der Waals surface area contributed by atoms with E-state index in [1.807, 2.05) is 0 Å². The van der Waals surface area contributed by atoms with Gasteiger partial charge in [0.25, 0.3) is 0 Å². The first-order valence-electron chi connectivity index (χ1n) is 9.82. The highest BCUT2D eigenvalue weighted by Gasteiger charge is 2.21. The number of halogens is 2. The number of rotatable bonds is 5. The molecular formula is C23H18F2N8. The van der Waals surface area contributed by atoms with Crippen molar-refractivity contribution in [2.45, 2.75) is 13.0 Å². The van der Waals surface area contributed by atoms with Crippen LogP contribution in [0.2, 0.25) is 0 Å². The SMILES string of the molecule is CC(C(C=Nc1ccccc1F)=NN)n1cc(-c2ccc(C#N)c(F)c2)c2c(N)ncnc21. The summed E-state index contributed by atoms with van der Waals surface area (Å²) in [5.74, 6) is 4.69. The van der Waals surface area contributed by atoms with Crippen LogP contribution in [-0.4, -0.2) is 26.5 Å². The highest BCUT2D eigenvalue weighted by Crippen LogP contribution is 2.35. The van der Waals surface area contributed by atoms with Crippen molar-refractivity contribution in [2.75, 3.05) is 5.73 Å². The lowest BCUT2D eigenvalue weighted by Gasteiger charge is -2.14. The number of hydrogen-bond acceptors (Lipinski definition) is 7. The fourth-order valence-corrected chi connectivity index (χ4v) is 3.48. The Hall–Kier alpha value is -4.65. The zero-order valence-electron chi connectivity index (χ0n) is 17.4. The van der Waals surface area contributed by atoms with Crippen molar-refractivity contribution in [1.82, 2.24) is 14.5 Å². The largest absolute Gasteiger partial charge is 0.383 e. The summed E-state index contributed by atoms with van der Waals surface area (Å²) in [6, 6.07) is 11.7. The van der Waals surface area contributed by atoms with Gasteiger partial charge < -0.3 is 16.1 Å². The van der Waals surface area contributed by atoms with E-state index in [2.05, 4.69) is 20.1 Å². The molecule has 4 N–H and O–H groups in total. The van der Waals surface area contributed by atoms with Crippen molar-refractivity contribution < 1.29 is 8.78 Å². The van der Waals surface area contributed by atoms with Crippen LogP contribution in [0.1, 0.15) is 18.5 Å². The third-order valence-electron chi connectivity index (χ3n) is 5.22. The molecule has 1 unspecified atom stereocenters. The molecule has 2 aromatic carbocycles. The van der Waals surface area contributed by atoms with Crippen LogP contribution in [0.4, 0.5) is 20.3 Å². The number of aromatic nitrogens is 3. The van der Waals surface area contributed by atoms with Crippen molar-refractivity contribution in [3.8, 4) is 17.2 Å². The highest BCUT2D eigenvalue weighted by atomic mass is 19.1. The maximum atomic E-state index is 14.3. The lowest BCUT2D eigenvalue weighted by atomic mass is 10.0. The third-order valence-corrected chi connectivity index (χ3v) is 5.22. The minimum Gasteiger partial charge on any atom is -0.383 e. The first-order valence-corrected chi connectivity index (χ1v) is 9.82. The molecule has 0 radical (unpaired) electrons. The molecule has 10 heteroatoms. The zero-order chi connectivity index (χ0) is 23.5. The number of benzene rings is 2. The van der Waals surface area contributed by atoms with E-state index in [-0.39, 0.29) is 17.1 Å². The average molecular weight is 444 g/mol. The standard InChI is InChI=1S/C23H18F2N8/c1-13(20(32-28)10-29-19-5-3-2-4-17(19)24)33-11-16(21-22(27)30-12-31-23(21)33)14-6-7-15(9-26)18(25)8-14/h2-8,10-13H,28H2,1H3,(H2,27,30,31). The van der Waals surface area contributed by atoms with Crippen LogP contribution in [-0.2, 0) is 0 Å². The molecule has 0 spiro atoms. The highest BCUT2D eigenvalue weighted by molar-refractivity contribution is 6.32. The molecule has 2 aromatic heterocycles. The fraction of sp³-hybridized carbons (Fsp3) is 0.0870. The number of nitrogen functional groups attached to an aromatic ring is 1. The summed E-state index contributed by atoms with van der Waals surface area (Å²) in [4.78, 5) is 12.6. The Bertz CT molecular complexity index is 1450. The van der Waals surface area contributed by atoms with Gasteiger partial charge in [-0.1, -0.05) is 18.2 Å². The average Bonchev–Trinajstić information content (AvgIpc) is 3.21. The second-order valence-electron chi connectivity index (χ2n) is 7.15. The number of nitrogens with two attached hydrogens (primary N) is 2. The maximum absolute atomic E-state index is 14.3. The number of aliphatic imine (C=N–C) groups is 1. The Kier molecular flexibility index (Phi) is 5.78. The molecule has 0 fully saturated rings. The van der Waals surface area contributed by atoms with E-state index in [4.69, 9.17) is 16.8 Å². The molecule has 4 aromatic rings. The van der Waals surface area contributed by atoms with Crippen LogP contribution in [0, 0.1) is 23.0 Å². The number of anilines is 1. The van der Waals surface area contributed by atoms with Gasteiger partial charge >= 0.3 is 0 Å². The van der Waals surface area contributed by atoms with Gasteiger partial charge in [0, 0.05) is 11.8 Å². The zero-order valence-corrected chi connectivity index (χ0v) is 17.4. The van der Waals surface area contributed by atoms with E-state index in [1.54, 1.807) is 42.0 Å².